The molecule has 14 heteroatoms. The summed E-state index contributed by atoms with van der Waals surface area (Å²) in [4.78, 5) is 36.8. The highest BCUT2D eigenvalue weighted by molar-refractivity contribution is 7.87. The number of halogens is 2. The summed E-state index contributed by atoms with van der Waals surface area (Å²) in [5.41, 5.74) is -2.05. The van der Waals surface area contributed by atoms with Gasteiger partial charge in [-0.05, 0) is 50.9 Å². The van der Waals surface area contributed by atoms with Crippen molar-refractivity contribution in [3.8, 4) is 0 Å². The molecule has 0 amide bonds. The van der Waals surface area contributed by atoms with Crippen LogP contribution in [0.4, 0.5) is 8.78 Å². The van der Waals surface area contributed by atoms with Crippen LogP contribution in [0.25, 0.3) is 0 Å². The van der Waals surface area contributed by atoms with Gasteiger partial charge in [0.25, 0.3) is 0 Å². The SMILES string of the molecule is CCC1(OC(=O)C(F)(F)S(=O)(=O)O)C2CC3CC1CC(OCC(=O)OC1C4CC5C(=O)OC1C5O4)(C3)C2. The average molecular weight is 551 g/mol. The van der Waals surface area contributed by atoms with Crippen LogP contribution in [0.2, 0.25) is 0 Å². The van der Waals surface area contributed by atoms with Crippen LogP contribution >= 0.6 is 0 Å². The predicted molar refractivity (Wildman–Crippen MR) is 114 cm³/mol. The van der Waals surface area contributed by atoms with Gasteiger partial charge in [-0.2, -0.15) is 17.2 Å². The molecular weight excluding hydrogens is 522 g/mol. The molecule has 7 aliphatic rings. The van der Waals surface area contributed by atoms with E-state index in [0.717, 1.165) is 0 Å². The molecule has 1 N–H and O–H groups in total. The molecule has 3 saturated heterocycles. The summed E-state index contributed by atoms with van der Waals surface area (Å²) >= 11 is 0. The smallest absolute Gasteiger partial charge is 0.455 e. The molecule has 37 heavy (non-hydrogen) atoms. The van der Waals surface area contributed by atoms with Crippen molar-refractivity contribution in [3.63, 3.8) is 0 Å². The molecule has 7 fully saturated rings. The second kappa shape index (κ2) is 8.06. The molecule has 7 unspecified atom stereocenters. The van der Waals surface area contributed by atoms with Crippen LogP contribution in [-0.2, 0) is 48.2 Å². The third kappa shape index (κ3) is 3.65. The fraction of sp³-hybridized carbons (Fsp3) is 0.870. The van der Waals surface area contributed by atoms with Gasteiger partial charge < -0.3 is 23.7 Å². The van der Waals surface area contributed by atoms with Crippen molar-refractivity contribution in [2.24, 2.45) is 23.7 Å². The second-order valence-corrected chi connectivity index (χ2v) is 12.8. The third-order valence-electron chi connectivity index (χ3n) is 9.46. The predicted octanol–water partition coefficient (Wildman–Crippen LogP) is 1.38. The summed E-state index contributed by atoms with van der Waals surface area (Å²) < 4.78 is 86.9. The molecular formula is C23H28F2O11S. The van der Waals surface area contributed by atoms with E-state index in [2.05, 4.69) is 0 Å². The number of esters is 3. The molecule has 0 radical (unpaired) electrons. The van der Waals surface area contributed by atoms with Crippen molar-refractivity contribution in [1.29, 1.82) is 0 Å². The highest BCUT2D eigenvalue weighted by Gasteiger charge is 2.67. The van der Waals surface area contributed by atoms with E-state index in [9.17, 15) is 31.6 Å². The van der Waals surface area contributed by atoms with E-state index in [4.69, 9.17) is 28.2 Å². The Hall–Kier alpha value is -1.90. The van der Waals surface area contributed by atoms with Crippen molar-refractivity contribution in [2.75, 3.05) is 6.61 Å². The van der Waals surface area contributed by atoms with E-state index in [1.54, 1.807) is 6.92 Å². The second-order valence-electron chi connectivity index (χ2n) is 11.3. The van der Waals surface area contributed by atoms with E-state index < -0.39 is 62.9 Å². The average Bonchev–Trinajstić information content (AvgIpc) is 3.44. The van der Waals surface area contributed by atoms with Crippen molar-refractivity contribution in [2.45, 2.75) is 92.7 Å². The van der Waals surface area contributed by atoms with Gasteiger partial charge in [0.2, 0.25) is 0 Å². The van der Waals surface area contributed by atoms with Gasteiger partial charge in [0.1, 0.15) is 18.3 Å². The fourth-order valence-corrected chi connectivity index (χ4v) is 8.35. The lowest BCUT2D eigenvalue weighted by Crippen LogP contribution is -2.66. The molecule has 0 aromatic heterocycles. The number of fused-ring (bicyclic) bond motifs is 1. The molecule has 0 spiro atoms. The largest absolute Gasteiger partial charge is 0.465 e. The molecule has 0 aromatic carbocycles. The van der Waals surface area contributed by atoms with Gasteiger partial charge >= 0.3 is 33.3 Å². The Labute approximate surface area is 211 Å². The minimum absolute atomic E-state index is 0.169. The number of ether oxygens (including phenoxy) is 5. The van der Waals surface area contributed by atoms with Crippen LogP contribution < -0.4 is 0 Å². The standard InChI is InChI=1S/C23H28F2O11S/c1-2-22(36-20(28)23(24,25)37(29,30)31)11-3-10-4-12(22)8-21(6-10,7-11)32-9-15(26)34-17-14-5-13-16(33-14)18(17)35-19(13)27/h10-14,16-18H,2-9H2,1H3,(H,29,30,31). The Morgan fingerprint density at radius 3 is 2.43 bits per heavy atom. The van der Waals surface area contributed by atoms with Crippen molar-refractivity contribution >= 4 is 28.0 Å². The molecule has 6 bridgehead atoms. The quantitative estimate of drug-likeness (QED) is 0.265. The molecule has 7 rings (SSSR count). The van der Waals surface area contributed by atoms with E-state index >= 15 is 0 Å². The number of hydrogen-bond donors (Lipinski definition) is 1. The molecule has 11 nitrogen and oxygen atoms in total. The maximum Gasteiger partial charge on any atom is 0.465 e. The summed E-state index contributed by atoms with van der Waals surface area (Å²) in [6.07, 6.45) is 1.05. The molecule has 7 atom stereocenters. The van der Waals surface area contributed by atoms with Crippen molar-refractivity contribution in [1.82, 2.24) is 0 Å². The van der Waals surface area contributed by atoms with Gasteiger partial charge in [0.05, 0.1) is 17.6 Å². The molecule has 3 heterocycles. The van der Waals surface area contributed by atoms with Gasteiger partial charge in [-0.15, -0.1) is 0 Å². The summed E-state index contributed by atoms with van der Waals surface area (Å²) in [7, 11) is -5.98. The zero-order valence-corrected chi connectivity index (χ0v) is 20.8. The number of carbonyl (C=O) groups excluding carboxylic acids is 3. The third-order valence-corrected chi connectivity index (χ3v) is 10.3. The Kier molecular flexibility index (Phi) is 5.53. The van der Waals surface area contributed by atoms with Crippen LogP contribution in [0, 0.1) is 23.7 Å². The Bertz CT molecular complexity index is 1120. The van der Waals surface area contributed by atoms with Gasteiger partial charge in [-0.3, -0.25) is 9.35 Å². The fourth-order valence-electron chi connectivity index (χ4n) is 8.10. The first kappa shape index (κ1) is 25.4. The topological polar surface area (TPSA) is 152 Å². The molecule has 206 valence electrons. The first-order chi connectivity index (χ1) is 17.3. The zero-order chi connectivity index (χ0) is 26.5. The van der Waals surface area contributed by atoms with E-state index in [-0.39, 0.29) is 42.7 Å². The van der Waals surface area contributed by atoms with E-state index in [1.165, 1.54) is 0 Å². The maximum absolute atomic E-state index is 14.0. The summed E-state index contributed by atoms with van der Waals surface area (Å²) in [5.74, 6) is -4.15. The first-order valence-corrected chi connectivity index (χ1v) is 14.0. The van der Waals surface area contributed by atoms with Crippen molar-refractivity contribution in [3.05, 3.63) is 0 Å². The zero-order valence-electron chi connectivity index (χ0n) is 20.0. The van der Waals surface area contributed by atoms with Crippen LogP contribution in [0.15, 0.2) is 0 Å². The van der Waals surface area contributed by atoms with Gasteiger partial charge in [-0.1, -0.05) is 6.92 Å². The van der Waals surface area contributed by atoms with Crippen LogP contribution in [0.3, 0.4) is 0 Å². The number of hydrogen-bond acceptors (Lipinski definition) is 10. The minimum atomic E-state index is -5.98. The number of alkyl halides is 2. The lowest BCUT2D eigenvalue weighted by Gasteiger charge is -2.63. The Morgan fingerprint density at radius 2 is 1.81 bits per heavy atom. The first-order valence-electron chi connectivity index (χ1n) is 12.6. The van der Waals surface area contributed by atoms with E-state index in [1.807, 2.05) is 0 Å². The summed E-state index contributed by atoms with van der Waals surface area (Å²) in [5, 5.41) is -5.07. The van der Waals surface area contributed by atoms with Crippen LogP contribution in [-0.4, -0.2) is 78.4 Å². The van der Waals surface area contributed by atoms with Crippen LogP contribution in [0.1, 0.15) is 51.9 Å². The summed E-state index contributed by atoms with van der Waals surface area (Å²) in [6, 6.07) is 0. The van der Waals surface area contributed by atoms with Crippen LogP contribution in [0.5, 0.6) is 0 Å². The lowest BCUT2D eigenvalue weighted by molar-refractivity contribution is -0.259. The molecule has 0 aromatic rings. The minimum Gasteiger partial charge on any atom is -0.455 e. The molecule has 4 saturated carbocycles. The van der Waals surface area contributed by atoms with Crippen molar-refractivity contribution < 1.29 is 59.8 Å². The van der Waals surface area contributed by atoms with Gasteiger partial charge in [-0.25, -0.2) is 9.59 Å². The normalized spacial score (nSPS) is 45.2. The maximum atomic E-state index is 14.0. The Morgan fingerprint density at radius 1 is 1.14 bits per heavy atom. The summed E-state index contributed by atoms with van der Waals surface area (Å²) in [6.45, 7) is 1.33. The monoisotopic (exact) mass is 550 g/mol. The van der Waals surface area contributed by atoms with E-state index in [0.29, 0.717) is 38.5 Å². The highest BCUT2D eigenvalue weighted by Crippen LogP contribution is 2.63. The lowest BCUT2D eigenvalue weighted by atomic mass is 9.47. The van der Waals surface area contributed by atoms with Gasteiger partial charge in [0.15, 0.2) is 12.2 Å². The molecule has 4 aliphatic carbocycles. The number of rotatable bonds is 8. The highest BCUT2D eigenvalue weighted by atomic mass is 32.2. The molecule has 3 aliphatic heterocycles. The number of carbonyl (C=O) groups is 3. The Balaban J connectivity index is 1.12. The van der Waals surface area contributed by atoms with Gasteiger partial charge in [0, 0.05) is 11.8 Å².